The zero-order valence-electron chi connectivity index (χ0n) is 10.8. The Morgan fingerprint density at radius 1 is 1.47 bits per heavy atom. The van der Waals surface area contributed by atoms with Crippen LogP contribution in [0.3, 0.4) is 0 Å². The number of benzene rings is 1. The molecule has 0 saturated carbocycles. The smallest absolute Gasteiger partial charge is 0.165 e. The maximum absolute atomic E-state index is 13.9. The van der Waals surface area contributed by atoms with Crippen molar-refractivity contribution >= 4 is 11.3 Å². The Morgan fingerprint density at radius 3 is 3.00 bits per heavy atom. The lowest BCUT2D eigenvalue weighted by Crippen LogP contribution is -2.21. The minimum Gasteiger partial charge on any atom is -0.485 e. The van der Waals surface area contributed by atoms with Crippen LogP contribution in [0.5, 0.6) is 5.75 Å². The van der Waals surface area contributed by atoms with Gasteiger partial charge in [0.1, 0.15) is 6.61 Å². The van der Waals surface area contributed by atoms with Gasteiger partial charge in [0.05, 0.1) is 10.4 Å². The number of halogens is 1. The van der Waals surface area contributed by atoms with Crippen LogP contribution >= 0.6 is 11.3 Å². The van der Waals surface area contributed by atoms with E-state index in [4.69, 9.17) is 10.5 Å². The van der Waals surface area contributed by atoms with Gasteiger partial charge < -0.3 is 10.5 Å². The Labute approximate surface area is 116 Å². The van der Waals surface area contributed by atoms with E-state index in [-0.39, 0.29) is 11.9 Å². The molecule has 19 heavy (non-hydrogen) atoms. The van der Waals surface area contributed by atoms with Crippen LogP contribution in [0.25, 0.3) is 0 Å². The van der Waals surface area contributed by atoms with E-state index in [1.165, 1.54) is 17.4 Å². The highest BCUT2D eigenvalue weighted by Gasteiger charge is 2.12. The predicted molar refractivity (Wildman–Crippen MR) is 74.8 cm³/mol. The highest BCUT2D eigenvalue weighted by molar-refractivity contribution is 7.09. The van der Waals surface area contributed by atoms with E-state index in [1.807, 2.05) is 13.0 Å². The van der Waals surface area contributed by atoms with Gasteiger partial charge in [-0.3, -0.25) is 4.98 Å². The van der Waals surface area contributed by atoms with Crippen molar-refractivity contribution in [2.24, 2.45) is 5.73 Å². The van der Waals surface area contributed by atoms with Crippen LogP contribution in [0.4, 0.5) is 4.39 Å². The quantitative estimate of drug-likeness (QED) is 0.884. The van der Waals surface area contributed by atoms with Crippen LogP contribution in [-0.2, 0) is 13.0 Å². The van der Waals surface area contributed by atoms with E-state index in [0.717, 1.165) is 16.9 Å². The standard InChI is InChI=1S/C14H17FN2OS/c1-2-11(16)6-10-4-3-5-13(15)14(10)18-8-12-7-17-9-19-12/h3-5,7,9,11H,2,6,8,16H2,1H3. The van der Waals surface area contributed by atoms with Gasteiger partial charge in [-0.25, -0.2) is 4.39 Å². The minimum absolute atomic E-state index is 0.0209. The summed E-state index contributed by atoms with van der Waals surface area (Å²) in [5.74, 6) is -0.0369. The number of nitrogens with two attached hydrogens (primary N) is 1. The second-order valence-electron chi connectivity index (χ2n) is 4.36. The molecule has 0 spiro atoms. The van der Waals surface area contributed by atoms with Crippen molar-refractivity contribution in [3.05, 3.63) is 46.2 Å². The molecule has 2 aromatic rings. The summed E-state index contributed by atoms with van der Waals surface area (Å²) in [5, 5.41) is 0. The van der Waals surface area contributed by atoms with Gasteiger partial charge >= 0.3 is 0 Å². The van der Waals surface area contributed by atoms with E-state index >= 15 is 0 Å². The molecule has 102 valence electrons. The lowest BCUT2D eigenvalue weighted by atomic mass is 10.0. The van der Waals surface area contributed by atoms with Crippen molar-refractivity contribution in [2.75, 3.05) is 0 Å². The molecule has 2 N–H and O–H groups in total. The first-order valence-electron chi connectivity index (χ1n) is 6.23. The fourth-order valence-electron chi connectivity index (χ4n) is 1.76. The van der Waals surface area contributed by atoms with E-state index in [9.17, 15) is 4.39 Å². The summed E-state index contributed by atoms with van der Waals surface area (Å²) in [4.78, 5) is 4.93. The molecule has 0 bridgehead atoms. The highest BCUT2D eigenvalue weighted by atomic mass is 32.1. The van der Waals surface area contributed by atoms with Crippen LogP contribution in [0, 0.1) is 5.82 Å². The summed E-state index contributed by atoms with van der Waals surface area (Å²) in [7, 11) is 0. The lowest BCUT2D eigenvalue weighted by molar-refractivity contribution is 0.289. The second-order valence-corrected chi connectivity index (χ2v) is 5.33. The Balaban J connectivity index is 2.13. The van der Waals surface area contributed by atoms with Crippen molar-refractivity contribution < 1.29 is 9.13 Å². The third-order valence-corrected chi connectivity index (χ3v) is 3.65. The van der Waals surface area contributed by atoms with Gasteiger partial charge in [-0.15, -0.1) is 11.3 Å². The van der Waals surface area contributed by atoms with Gasteiger partial charge in [0, 0.05) is 12.2 Å². The maximum Gasteiger partial charge on any atom is 0.165 e. The number of rotatable bonds is 6. The molecule has 3 nitrogen and oxygen atoms in total. The summed E-state index contributed by atoms with van der Waals surface area (Å²) in [6.07, 6.45) is 3.19. The summed E-state index contributed by atoms with van der Waals surface area (Å²) in [6.45, 7) is 2.35. The first-order chi connectivity index (χ1) is 9.20. The number of thiazole rings is 1. The van der Waals surface area contributed by atoms with Crippen LogP contribution in [0.1, 0.15) is 23.8 Å². The molecule has 0 aliphatic rings. The second kappa shape index (κ2) is 6.63. The van der Waals surface area contributed by atoms with E-state index in [1.54, 1.807) is 17.8 Å². The SMILES string of the molecule is CCC(N)Cc1cccc(F)c1OCc1cncs1. The molecule has 5 heteroatoms. The Kier molecular flexibility index (Phi) is 4.87. The monoisotopic (exact) mass is 280 g/mol. The zero-order valence-corrected chi connectivity index (χ0v) is 11.6. The number of nitrogens with zero attached hydrogens (tertiary/aromatic N) is 1. The molecule has 1 heterocycles. The molecule has 1 aromatic carbocycles. The maximum atomic E-state index is 13.9. The van der Waals surface area contributed by atoms with Crippen LogP contribution in [-0.4, -0.2) is 11.0 Å². The number of hydrogen-bond acceptors (Lipinski definition) is 4. The normalized spacial score (nSPS) is 12.4. The molecule has 0 fully saturated rings. The number of para-hydroxylation sites is 1. The number of hydrogen-bond donors (Lipinski definition) is 1. The summed E-state index contributed by atoms with van der Waals surface area (Å²) < 4.78 is 19.5. The van der Waals surface area contributed by atoms with Crippen molar-refractivity contribution in [1.29, 1.82) is 0 Å². The highest BCUT2D eigenvalue weighted by Crippen LogP contribution is 2.25. The zero-order chi connectivity index (χ0) is 13.7. The van der Waals surface area contributed by atoms with Gasteiger partial charge in [-0.2, -0.15) is 0 Å². The molecule has 0 radical (unpaired) electrons. The third-order valence-electron chi connectivity index (χ3n) is 2.90. The molecule has 0 aliphatic heterocycles. The van der Waals surface area contributed by atoms with E-state index in [0.29, 0.717) is 18.8 Å². The predicted octanol–water partition coefficient (Wildman–Crippen LogP) is 3.14. The van der Waals surface area contributed by atoms with E-state index < -0.39 is 0 Å². The van der Waals surface area contributed by atoms with Crippen molar-refractivity contribution in [3.63, 3.8) is 0 Å². The van der Waals surface area contributed by atoms with Crippen LogP contribution in [0.15, 0.2) is 29.9 Å². The molecule has 2 rings (SSSR count). The number of aromatic nitrogens is 1. The fourth-order valence-corrected chi connectivity index (χ4v) is 2.27. The Hall–Kier alpha value is -1.46. The van der Waals surface area contributed by atoms with Gasteiger partial charge in [0.15, 0.2) is 11.6 Å². The van der Waals surface area contributed by atoms with Crippen molar-refractivity contribution in [3.8, 4) is 5.75 Å². The third kappa shape index (κ3) is 3.75. The van der Waals surface area contributed by atoms with Crippen LogP contribution < -0.4 is 10.5 Å². The van der Waals surface area contributed by atoms with Gasteiger partial charge in [-0.1, -0.05) is 19.1 Å². The van der Waals surface area contributed by atoms with Crippen molar-refractivity contribution in [2.45, 2.75) is 32.4 Å². The summed E-state index contributed by atoms with van der Waals surface area (Å²) >= 11 is 1.49. The van der Waals surface area contributed by atoms with Crippen LogP contribution in [0.2, 0.25) is 0 Å². The summed E-state index contributed by atoms with van der Waals surface area (Å²) in [5.41, 5.74) is 8.48. The molecule has 0 amide bonds. The molecular formula is C14H17FN2OS. The molecule has 1 aromatic heterocycles. The Bertz CT molecular complexity index is 516. The average Bonchev–Trinajstić information content (AvgIpc) is 2.91. The first kappa shape index (κ1) is 14.0. The summed E-state index contributed by atoms with van der Waals surface area (Å²) in [6, 6.07) is 4.98. The largest absolute Gasteiger partial charge is 0.485 e. The van der Waals surface area contributed by atoms with Crippen molar-refractivity contribution in [1.82, 2.24) is 4.98 Å². The molecule has 0 aliphatic carbocycles. The van der Waals surface area contributed by atoms with E-state index in [2.05, 4.69) is 4.98 Å². The van der Waals surface area contributed by atoms with Gasteiger partial charge in [0.2, 0.25) is 0 Å². The van der Waals surface area contributed by atoms with Gasteiger partial charge in [0.25, 0.3) is 0 Å². The fraction of sp³-hybridized carbons (Fsp3) is 0.357. The van der Waals surface area contributed by atoms with Gasteiger partial charge in [-0.05, 0) is 24.5 Å². The molecule has 1 unspecified atom stereocenters. The minimum atomic E-state index is -0.342. The molecule has 0 saturated heterocycles. The lowest BCUT2D eigenvalue weighted by Gasteiger charge is -2.14. The average molecular weight is 280 g/mol. The Morgan fingerprint density at radius 2 is 2.32 bits per heavy atom. The topological polar surface area (TPSA) is 48.1 Å². The molecule has 1 atom stereocenters. The first-order valence-corrected chi connectivity index (χ1v) is 7.11. The molecular weight excluding hydrogens is 263 g/mol. The number of ether oxygens (including phenoxy) is 1.